The van der Waals surface area contributed by atoms with E-state index in [4.69, 9.17) is 9.47 Å². The second-order valence-corrected chi connectivity index (χ2v) is 7.32. The number of carbonyl (C=O) groups is 1. The normalized spacial score (nSPS) is 26.5. The van der Waals surface area contributed by atoms with E-state index in [0.29, 0.717) is 12.8 Å². The van der Waals surface area contributed by atoms with Gasteiger partial charge in [0.1, 0.15) is 0 Å². The second kappa shape index (κ2) is 8.30. The maximum atomic E-state index is 11.2. The first-order valence-electron chi connectivity index (χ1n) is 9.30. The number of carbonyl (C=O) groups excluding carboxylic acids is 1. The van der Waals surface area contributed by atoms with Crippen molar-refractivity contribution in [3.05, 3.63) is 35.9 Å². The molecule has 1 aromatic carbocycles. The molecule has 2 aliphatic rings. The van der Waals surface area contributed by atoms with Crippen molar-refractivity contribution in [3.63, 3.8) is 0 Å². The Hall–Kier alpha value is -1.43. The van der Waals surface area contributed by atoms with Crippen LogP contribution in [0.1, 0.15) is 50.2 Å². The van der Waals surface area contributed by atoms with E-state index in [0.717, 1.165) is 50.9 Å². The average molecular weight is 347 g/mol. The number of benzene rings is 1. The van der Waals surface area contributed by atoms with Gasteiger partial charge in [-0.05, 0) is 31.4 Å². The Morgan fingerprint density at radius 3 is 2.72 bits per heavy atom. The van der Waals surface area contributed by atoms with E-state index in [1.165, 1.54) is 7.11 Å². The summed E-state index contributed by atoms with van der Waals surface area (Å²) in [7, 11) is 1.43. The lowest BCUT2D eigenvalue weighted by atomic mass is 9.81. The van der Waals surface area contributed by atoms with Crippen LogP contribution in [0.25, 0.3) is 0 Å². The van der Waals surface area contributed by atoms with Gasteiger partial charge in [-0.3, -0.25) is 4.79 Å². The van der Waals surface area contributed by atoms with Gasteiger partial charge in [0.2, 0.25) is 0 Å². The molecule has 5 nitrogen and oxygen atoms in total. The molecule has 2 heterocycles. The van der Waals surface area contributed by atoms with Crippen LogP contribution in [0.5, 0.6) is 0 Å². The van der Waals surface area contributed by atoms with Crippen molar-refractivity contribution < 1.29 is 19.4 Å². The van der Waals surface area contributed by atoms with Gasteiger partial charge in [-0.15, -0.1) is 0 Å². The number of piperidine rings is 1. The third-order valence-corrected chi connectivity index (χ3v) is 5.51. The summed E-state index contributed by atoms with van der Waals surface area (Å²) in [5.41, 5.74) is 0.943. The number of nitrogens with zero attached hydrogens (tertiary/aromatic N) is 1. The first-order valence-corrected chi connectivity index (χ1v) is 9.30. The number of aliphatic hydroxyl groups excluding tert-OH is 1. The van der Waals surface area contributed by atoms with Crippen LogP contribution in [0.2, 0.25) is 0 Å². The molecule has 25 heavy (non-hydrogen) atoms. The lowest BCUT2D eigenvalue weighted by Gasteiger charge is -2.48. The SMILES string of the molecule is COC(=O)CCCN1CCC2(CC1)C[C@H](O)C[C@H](c1ccccc1)O2. The highest BCUT2D eigenvalue weighted by atomic mass is 16.5. The van der Waals surface area contributed by atoms with E-state index < -0.39 is 0 Å². The molecule has 0 aliphatic carbocycles. The molecule has 1 aromatic rings. The van der Waals surface area contributed by atoms with E-state index in [9.17, 15) is 9.90 Å². The van der Waals surface area contributed by atoms with Gasteiger partial charge in [0.15, 0.2) is 0 Å². The predicted octanol–water partition coefficient (Wildman–Crippen LogP) is 2.69. The Kier molecular flexibility index (Phi) is 6.10. The van der Waals surface area contributed by atoms with E-state index >= 15 is 0 Å². The van der Waals surface area contributed by atoms with Crippen LogP contribution >= 0.6 is 0 Å². The summed E-state index contributed by atoms with van der Waals surface area (Å²) in [5, 5.41) is 10.4. The van der Waals surface area contributed by atoms with Gasteiger partial charge in [-0.25, -0.2) is 0 Å². The first kappa shape index (κ1) is 18.4. The lowest BCUT2D eigenvalue weighted by molar-refractivity contribution is -0.184. The third kappa shape index (κ3) is 4.81. The molecule has 138 valence electrons. The van der Waals surface area contributed by atoms with E-state index in [2.05, 4.69) is 17.0 Å². The van der Waals surface area contributed by atoms with Gasteiger partial charge in [0, 0.05) is 32.4 Å². The van der Waals surface area contributed by atoms with Crippen LogP contribution in [0.3, 0.4) is 0 Å². The number of hydrogen-bond acceptors (Lipinski definition) is 5. The fourth-order valence-electron chi connectivity index (χ4n) is 4.08. The maximum Gasteiger partial charge on any atom is 0.305 e. The zero-order valence-corrected chi connectivity index (χ0v) is 15.0. The van der Waals surface area contributed by atoms with E-state index in [-0.39, 0.29) is 23.8 Å². The molecular formula is C20H29NO4. The van der Waals surface area contributed by atoms with E-state index in [1.807, 2.05) is 18.2 Å². The van der Waals surface area contributed by atoms with Gasteiger partial charge in [-0.1, -0.05) is 30.3 Å². The lowest BCUT2D eigenvalue weighted by Crippen LogP contribution is -2.51. The van der Waals surface area contributed by atoms with Crippen LogP contribution < -0.4 is 0 Å². The van der Waals surface area contributed by atoms with Crippen molar-refractivity contribution >= 4 is 5.97 Å². The Bertz CT molecular complexity index is 554. The summed E-state index contributed by atoms with van der Waals surface area (Å²) in [5.74, 6) is -0.141. The summed E-state index contributed by atoms with van der Waals surface area (Å²) in [6, 6.07) is 10.2. The highest BCUT2D eigenvalue weighted by Crippen LogP contribution is 2.42. The monoisotopic (exact) mass is 347 g/mol. The Labute approximate surface area is 149 Å². The van der Waals surface area contributed by atoms with Crippen LogP contribution in [0.4, 0.5) is 0 Å². The number of aliphatic hydroxyl groups is 1. The summed E-state index contributed by atoms with van der Waals surface area (Å²) < 4.78 is 11.2. The van der Waals surface area contributed by atoms with Crippen LogP contribution in [-0.4, -0.2) is 54.4 Å². The Balaban J connectivity index is 1.53. The molecule has 2 saturated heterocycles. The molecule has 0 unspecified atom stereocenters. The second-order valence-electron chi connectivity index (χ2n) is 7.32. The molecule has 0 radical (unpaired) electrons. The Morgan fingerprint density at radius 2 is 2.04 bits per heavy atom. The van der Waals surface area contributed by atoms with Crippen molar-refractivity contribution in [2.45, 2.75) is 56.3 Å². The van der Waals surface area contributed by atoms with Crippen molar-refractivity contribution in [3.8, 4) is 0 Å². The average Bonchev–Trinajstić information content (AvgIpc) is 2.63. The third-order valence-electron chi connectivity index (χ3n) is 5.51. The minimum absolute atomic E-state index is 0.0178. The van der Waals surface area contributed by atoms with Gasteiger partial charge in [0.25, 0.3) is 0 Å². The molecule has 0 saturated carbocycles. The molecule has 2 aliphatic heterocycles. The summed E-state index contributed by atoms with van der Waals surface area (Å²) in [4.78, 5) is 13.6. The fourth-order valence-corrected chi connectivity index (χ4v) is 4.08. The zero-order valence-electron chi connectivity index (χ0n) is 15.0. The Morgan fingerprint density at radius 1 is 1.32 bits per heavy atom. The van der Waals surface area contributed by atoms with Crippen LogP contribution in [0, 0.1) is 0 Å². The molecule has 0 aromatic heterocycles. The molecule has 0 amide bonds. The highest BCUT2D eigenvalue weighted by Gasteiger charge is 2.43. The summed E-state index contributed by atoms with van der Waals surface area (Å²) >= 11 is 0. The topological polar surface area (TPSA) is 59.0 Å². The van der Waals surface area contributed by atoms with Gasteiger partial charge in [-0.2, -0.15) is 0 Å². The predicted molar refractivity (Wildman–Crippen MR) is 95.2 cm³/mol. The number of likely N-dealkylation sites (tertiary alicyclic amines) is 1. The minimum atomic E-state index is -0.301. The molecular weight excluding hydrogens is 318 g/mol. The smallest absolute Gasteiger partial charge is 0.305 e. The quantitative estimate of drug-likeness (QED) is 0.830. The fraction of sp³-hybridized carbons (Fsp3) is 0.650. The first-order chi connectivity index (χ1) is 12.1. The molecule has 0 bridgehead atoms. The van der Waals surface area contributed by atoms with E-state index in [1.54, 1.807) is 0 Å². The van der Waals surface area contributed by atoms with Crippen molar-refractivity contribution in [2.75, 3.05) is 26.7 Å². The molecule has 1 spiro atoms. The van der Waals surface area contributed by atoms with Gasteiger partial charge >= 0.3 is 5.97 Å². The maximum absolute atomic E-state index is 11.2. The number of rotatable bonds is 5. The standard InChI is InChI=1S/C20H29NO4/c1-24-19(23)8-5-11-21-12-9-20(10-13-21)15-17(22)14-18(25-20)16-6-3-2-4-7-16/h2-4,6-7,17-18,22H,5,8-15H2,1H3/t17-,18-/m1/s1. The van der Waals surface area contributed by atoms with Crippen LogP contribution in [-0.2, 0) is 14.3 Å². The largest absolute Gasteiger partial charge is 0.469 e. The molecule has 1 N–H and O–H groups in total. The van der Waals surface area contributed by atoms with Crippen molar-refractivity contribution in [2.24, 2.45) is 0 Å². The number of esters is 1. The van der Waals surface area contributed by atoms with Gasteiger partial charge in [0.05, 0.1) is 24.9 Å². The number of methoxy groups -OCH3 is 1. The number of hydrogen-bond donors (Lipinski definition) is 1. The van der Waals surface area contributed by atoms with Crippen molar-refractivity contribution in [1.29, 1.82) is 0 Å². The highest BCUT2D eigenvalue weighted by molar-refractivity contribution is 5.69. The zero-order chi connectivity index (χ0) is 17.7. The summed E-state index contributed by atoms with van der Waals surface area (Å²) in [6.07, 6.45) is 4.26. The molecule has 3 rings (SSSR count). The number of ether oxygens (including phenoxy) is 2. The molecule has 5 heteroatoms. The van der Waals surface area contributed by atoms with Crippen LogP contribution in [0.15, 0.2) is 30.3 Å². The molecule has 2 fully saturated rings. The minimum Gasteiger partial charge on any atom is -0.469 e. The molecule has 2 atom stereocenters. The van der Waals surface area contributed by atoms with Crippen molar-refractivity contribution in [1.82, 2.24) is 4.90 Å². The van der Waals surface area contributed by atoms with Gasteiger partial charge < -0.3 is 19.5 Å². The summed E-state index contributed by atoms with van der Waals surface area (Å²) in [6.45, 7) is 2.82.